The molecular formula is C14H13Cl2NO2. The van der Waals surface area contributed by atoms with Crippen molar-refractivity contribution in [1.29, 1.82) is 0 Å². The van der Waals surface area contributed by atoms with Crippen LogP contribution in [0, 0.1) is 0 Å². The fourth-order valence-electron chi connectivity index (χ4n) is 1.69. The molecule has 2 aromatic carbocycles. The SMILES string of the molecule is COc1cc(CNc2c(Cl)cccc2Cl)ccc1O. The number of para-hydroxylation sites is 1. The lowest BCUT2D eigenvalue weighted by Gasteiger charge is -2.11. The maximum atomic E-state index is 9.52. The predicted octanol–water partition coefficient (Wildman–Crippen LogP) is 4.32. The monoisotopic (exact) mass is 297 g/mol. The van der Waals surface area contributed by atoms with Crippen molar-refractivity contribution in [3.63, 3.8) is 0 Å². The first-order valence-corrected chi connectivity index (χ1v) is 6.41. The maximum absolute atomic E-state index is 9.52. The number of benzene rings is 2. The summed E-state index contributed by atoms with van der Waals surface area (Å²) in [6, 6.07) is 10.5. The second kappa shape index (κ2) is 6.04. The van der Waals surface area contributed by atoms with Gasteiger partial charge in [0.15, 0.2) is 11.5 Å². The Kier molecular flexibility index (Phi) is 4.40. The fraction of sp³-hybridized carbons (Fsp3) is 0.143. The van der Waals surface area contributed by atoms with Crippen molar-refractivity contribution >= 4 is 28.9 Å². The number of hydrogen-bond donors (Lipinski definition) is 2. The number of anilines is 1. The lowest BCUT2D eigenvalue weighted by Crippen LogP contribution is -2.01. The Morgan fingerprint density at radius 1 is 1.16 bits per heavy atom. The van der Waals surface area contributed by atoms with Crippen molar-refractivity contribution in [3.8, 4) is 11.5 Å². The summed E-state index contributed by atoms with van der Waals surface area (Å²) in [5.74, 6) is 0.548. The minimum absolute atomic E-state index is 0.113. The average Bonchev–Trinajstić information content (AvgIpc) is 2.40. The van der Waals surface area contributed by atoms with Gasteiger partial charge in [0.2, 0.25) is 0 Å². The highest BCUT2D eigenvalue weighted by Gasteiger charge is 2.06. The summed E-state index contributed by atoms with van der Waals surface area (Å²) in [6.45, 7) is 0.528. The topological polar surface area (TPSA) is 41.5 Å². The van der Waals surface area contributed by atoms with Gasteiger partial charge in [-0.15, -0.1) is 0 Å². The van der Waals surface area contributed by atoms with E-state index in [-0.39, 0.29) is 5.75 Å². The van der Waals surface area contributed by atoms with E-state index >= 15 is 0 Å². The van der Waals surface area contributed by atoms with Crippen LogP contribution in [0.1, 0.15) is 5.56 Å². The molecule has 0 fully saturated rings. The minimum atomic E-state index is 0.113. The van der Waals surface area contributed by atoms with Gasteiger partial charge in [0.25, 0.3) is 0 Å². The molecule has 2 aromatic rings. The molecule has 0 aliphatic carbocycles. The highest BCUT2D eigenvalue weighted by molar-refractivity contribution is 6.39. The van der Waals surface area contributed by atoms with Gasteiger partial charge in [0, 0.05) is 6.54 Å². The molecule has 0 aromatic heterocycles. The molecule has 2 N–H and O–H groups in total. The Bertz CT molecular complexity index is 567. The molecule has 5 heteroatoms. The van der Waals surface area contributed by atoms with Crippen LogP contribution in [-0.4, -0.2) is 12.2 Å². The van der Waals surface area contributed by atoms with Crippen molar-refractivity contribution in [2.45, 2.75) is 6.54 Å². The van der Waals surface area contributed by atoms with Crippen LogP contribution in [0.15, 0.2) is 36.4 Å². The van der Waals surface area contributed by atoms with Crippen LogP contribution in [0.5, 0.6) is 11.5 Å². The number of phenolic OH excluding ortho intramolecular Hbond substituents is 1. The van der Waals surface area contributed by atoms with Crippen LogP contribution in [-0.2, 0) is 6.54 Å². The first-order chi connectivity index (χ1) is 9.11. The van der Waals surface area contributed by atoms with E-state index in [2.05, 4.69) is 5.32 Å². The average molecular weight is 298 g/mol. The van der Waals surface area contributed by atoms with Crippen LogP contribution in [0.2, 0.25) is 10.0 Å². The van der Waals surface area contributed by atoms with Crippen molar-refractivity contribution in [1.82, 2.24) is 0 Å². The Balaban J connectivity index is 2.15. The number of aromatic hydroxyl groups is 1. The highest BCUT2D eigenvalue weighted by Crippen LogP contribution is 2.31. The zero-order valence-electron chi connectivity index (χ0n) is 10.3. The number of hydrogen-bond acceptors (Lipinski definition) is 3. The third-order valence-corrected chi connectivity index (χ3v) is 3.31. The Labute approximate surface area is 121 Å². The van der Waals surface area contributed by atoms with Crippen molar-refractivity contribution in [2.75, 3.05) is 12.4 Å². The molecule has 0 radical (unpaired) electrons. The second-order valence-electron chi connectivity index (χ2n) is 3.96. The summed E-state index contributed by atoms with van der Waals surface area (Å²) < 4.78 is 5.06. The molecule has 0 amide bonds. The zero-order chi connectivity index (χ0) is 13.8. The number of phenols is 1. The molecule has 0 bridgehead atoms. The van der Waals surface area contributed by atoms with E-state index in [1.54, 1.807) is 36.4 Å². The van der Waals surface area contributed by atoms with E-state index in [1.165, 1.54) is 7.11 Å². The third-order valence-electron chi connectivity index (χ3n) is 2.68. The van der Waals surface area contributed by atoms with E-state index in [0.29, 0.717) is 28.0 Å². The molecule has 0 heterocycles. The summed E-state index contributed by atoms with van der Waals surface area (Å²) in [4.78, 5) is 0. The normalized spacial score (nSPS) is 10.3. The number of methoxy groups -OCH3 is 1. The van der Waals surface area contributed by atoms with E-state index in [1.807, 2.05) is 0 Å². The van der Waals surface area contributed by atoms with Gasteiger partial charge < -0.3 is 15.2 Å². The quantitative estimate of drug-likeness (QED) is 0.883. The molecule has 0 saturated heterocycles. The number of ether oxygens (including phenoxy) is 1. The summed E-state index contributed by atoms with van der Waals surface area (Å²) in [6.07, 6.45) is 0. The van der Waals surface area contributed by atoms with Gasteiger partial charge in [0.05, 0.1) is 22.8 Å². The first kappa shape index (κ1) is 13.8. The lowest BCUT2D eigenvalue weighted by atomic mass is 10.2. The van der Waals surface area contributed by atoms with E-state index in [0.717, 1.165) is 5.56 Å². The van der Waals surface area contributed by atoms with Crippen LogP contribution in [0.3, 0.4) is 0 Å². The maximum Gasteiger partial charge on any atom is 0.160 e. The van der Waals surface area contributed by atoms with E-state index < -0.39 is 0 Å². The minimum Gasteiger partial charge on any atom is -0.504 e. The van der Waals surface area contributed by atoms with Crippen molar-refractivity contribution < 1.29 is 9.84 Å². The first-order valence-electron chi connectivity index (χ1n) is 5.65. The standard InChI is InChI=1S/C14H13Cl2NO2/c1-19-13-7-9(5-6-12(13)18)8-17-14-10(15)3-2-4-11(14)16/h2-7,17-18H,8H2,1H3. The van der Waals surface area contributed by atoms with Crippen LogP contribution < -0.4 is 10.1 Å². The van der Waals surface area contributed by atoms with Crippen LogP contribution in [0.4, 0.5) is 5.69 Å². The lowest BCUT2D eigenvalue weighted by molar-refractivity contribution is 0.373. The number of nitrogens with one attached hydrogen (secondary N) is 1. The Hall–Kier alpha value is -1.58. The Morgan fingerprint density at radius 2 is 1.84 bits per heavy atom. The van der Waals surface area contributed by atoms with Gasteiger partial charge in [-0.25, -0.2) is 0 Å². The second-order valence-corrected chi connectivity index (χ2v) is 4.77. The molecule has 0 aliphatic rings. The van der Waals surface area contributed by atoms with Gasteiger partial charge in [0.1, 0.15) is 0 Å². The molecule has 100 valence electrons. The van der Waals surface area contributed by atoms with Crippen molar-refractivity contribution in [2.24, 2.45) is 0 Å². The fourth-order valence-corrected chi connectivity index (χ4v) is 2.22. The van der Waals surface area contributed by atoms with Gasteiger partial charge >= 0.3 is 0 Å². The summed E-state index contributed by atoms with van der Waals surface area (Å²) in [7, 11) is 1.51. The third kappa shape index (κ3) is 3.25. The van der Waals surface area contributed by atoms with Crippen LogP contribution in [0.25, 0.3) is 0 Å². The molecule has 19 heavy (non-hydrogen) atoms. The Morgan fingerprint density at radius 3 is 2.47 bits per heavy atom. The van der Waals surface area contributed by atoms with Gasteiger partial charge in [-0.3, -0.25) is 0 Å². The van der Waals surface area contributed by atoms with Gasteiger partial charge in [-0.2, -0.15) is 0 Å². The number of halogens is 2. The van der Waals surface area contributed by atoms with Gasteiger partial charge in [-0.1, -0.05) is 35.3 Å². The molecule has 2 rings (SSSR count). The van der Waals surface area contributed by atoms with E-state index in [9.17, 15) is 5.11 Å². The summed E-state index contributed by atoms with van der Waals surface area (Å²) >= 11 is 12.1. The molecular weight excluding hydrogens is 285 g/mol. The molecule has 0 aliphatic heterocycles. The molecule has 0 spiro atoms. The van der Waals surface area contributed by atoms with Crippen molar-refractivity contribution in [3.05, 3.63) is 52.0 Å². The molecule has 0 unspecified atom stereocenters. The largest absolute Gasteiger partial charge is 0.504 e. The zero-order valence-corrected chi connectivity index (χ0v) is 11.8. The van der Waals surface area contributed by atoms with Gasteiger partial charge in [-0.05, 0) is 29.8 Å². The van der Waals surface area contributed by atoms with Crippen LogP contribution >= 0.6 is 23.2 Å². The number of rotatable bonds is 4. The molecule has 3 nitrogen and oxygen atoms in total. The predicted molar refractivity (Wildman–Crippen MR) is 78.4 cm³/mol. The molecule has 0 atom stereocenters. The summed E-state index contributed by atoms with van der Waals surface area (Å²) in [5.41, 5.74) is 1.64. The summed E-state index contributed by atoms with van der Waals surface area (Å²) in [5, 5.41) is 13.8. The van der Waals surface area contributed by atoms with E-state index in [4.69, 9.17) is 27.9 Å². The highest BCUT2D eigenvalue weighted by atomic mass is 35.5. The molecule has 0 saturated carbocycles. The smallest absolute Gasteiger partial charge is 0.160 e.